The van der Waals surface area contributed by atoms with Gasteiger partial charge in [-0.15, -0.1) is 0 Å². The number of hydrogen-bond donors (Lipinski definition) is 0. The molecule has 0 amide bonds. The average molecular weight is 274 g/mol. The van der Waals surface area contributed by atoms with Crippen molar-refractivity contribution in [1.29, 1.82) is 0 Å². The molecule has 3 heteroatoms. The van der Waals surface area contributed by atoms with Crippen LogP contribution in [0.4, 0.5) is 8.78 Å². The Kier molecular flexibility index (Phi) is 3.98. The number of hydrogen-bond acceptors (Lipinski definition) is 1. The van der Waals surface area contributed by atoms with E-state index >= 15 is 0 Å². The Labute approximate surface area is 117 Å². The number of carbonyl (C=O) groups is 1. The van der Waals surface area contributed by atoms with Gasteiger partial charge in [-0.1, -0.05) is 54.1 Å². The number of ketones is 1. The smallest absolute Gasteiger partial charge is 0.287 e. The predicted octanol–water partition coefficient (Wildman–Crippen LogP) is 4.36. The van der Waals surface area contributed by atoms with E-state index in [1.54, 1.807) is 37.3 Å². The first-order chi connectivity index (χ1) is 9.40. The molecule has 0 aromatic heterocycles. The Balaban J connectivity index is 2.25. The summed E-state index contributed by atoms with van der Waals surface area (Å²) >= 11 is 0. The van der Waals surface area contributed by atoms with E-state index in [4.69, 9.17) is 0 Å². The van der Waals surface area contributed by atoms with Crippen LogP contribution in [0, 0.1) is 13.8 Å². The van der Waals surface area contributed by atoms with E-state index in [1.165, 1.54) is 12.1 Å². The molecule has 0 aliphatic carbocycles. The van der Waals surface area contributed by atoms with E-state index in [9.17, 15) is 13.6 Å². The first-order valence-electron chi connectivity index (χ1n) is 6.44. The molecule has 0 bridgehead atoms. The second kappa shape index (κ2) is 5.53. The highest BCUT2D eigenvalue weighted by Crippen LogP contribution is 2.26. The Morgan fingerprint density at radius 2 is 1.70 bits per heavy atom. The molecule has 0 aliphatic rings. The molecule has 0 radical (unpaired) electrons. The summed E-state index contributed by atoms with van der Waals surface area (Å²) in [5, 5.41) is 0. The third kappa shape index (κ3) is 3.10. The topological polar surface area (TPSA) is 17.1 Å². The van der Waals surface area contributed by atoms with Crippen LogP contribution in [0.5, 0.6) is 0 Å². The van der Waals surface area contributed by atoms with Crippen LogP contribution in [0.1, 0.15) is 27.0 Å². The van der Waals surface area contributed by atoms with Crippen molar-refractivity contribution < 1.29 is 13.6 Å². The van der Waals surface area contributed by atoms with Crippen molar-refractivity contribution in [3.05, 3.63) is 70.8 Å². The molecule has 0 spiro atoms. The van der Waals surface area contributed by atoms with Crippen LogP contribution in [0.15, 0.2) is 48.5 Å². The van der Waals surface area contributed by atoms with Crippen LogP contribution in [0.25, 0.3) is 0 Å². The Morgan fingerprint density at radius 1 is 1.05 bits per heavy atom. The van der Waals surface area contributed by atoms with E-state index in [1.807, 2.05) is 13.0 Å². The molecular formula is C17H16F2O. The maximum atomic E-state index is 14.1. The number of alkyl halides is 2. The van der Waals surface area contributed by atoms with Crippen molar-refractivity contribution in [3.8, 4) is 0 Å². The summed E-state index contributed by atoms with van der Waals surface area (Å²) in [7, 11) is 0. The molecular weight excluding hydrogens is 258 g/mol. The van der Waals surface area contributed by atoms with Gasteiger partial charge in [0, 0.05) is 12.0 Å². The lowest BCUT2D eigenvalue weighted by molar-refractivity contribution is 0.0105. The summed E-state index contributed by atoms with van der Waals surface area (Å²) in [5.74, 6) is -4.51. The molecule has 0 atom stereocenters. The fraction of sp³-hybridized carbons (Fsp3) is 0.235. The number of carbonyl (C=O) groups excluding carboxylic acids is 1. The third-order valence-corrected chi connectivity index (χ3v) is 3.28. The van der Waals surface area contributed by atoms with Gasteiger partial charge in [-0.05, 0) is 25.0 Å². The monoisotopic (exact) mass is 274 g/mol. The van der Waals surface area contributed by atoms with Gasteiger partial charge < -0.3 is 0 Å². The third-order valence-electron chi connectivity index (χ3n) is 3.28. The summed E-state index contributed by atoms with van der Waals surface area (Å²) < 4.78 is 28.2. The molecule has 2 aromatic carbocycles. The van der Waals surface area contributed by atoms with Crippen LogP contribution in [-0.4, -0.2) is 11.7 Å². The average Bonchev–Trinajstić information content (AvgIpc) is 2.42. The largest absolute Gasteiger partial charge is 0.313 e. The van der Waals surface area contributed by atoms with Gasteiger partial charge in [0.15, 0.2) is 0 Å². The molecule has 2 aromatic rings. The zero-order valence-corrected chi connectivity index (χ0v) is 11.5. The molecule has 0 unspecified atom stereocenters. The maximum Gasteiger partial charge on any atom is 0.313 e. The second-order valence-electron chi connectivity index (χ2n) is 5.01. The molecule has 1 nitrogen and oxygen atoms in total. The van der Waals surface area contributed by atoms with E-state index < -0.39 is 18.1 Å². The summed E-state index contributed by atoms with van der Waals surface area (Å²) in [6.07, 6.45) is -0.563. The van der Waals surface area contributed by atoms with Gasteiger partial charge in [-0.25, -0.2) is 0 Å². The van der Waals surface area contributed by atoms with Gasteiger partial charge in [0.2, 0.25) is 5.78 Å². The quantitative estimate of drug-likeness (QED) is 0.757. The van der Waals surface area contributed by atoms with Crippen LogP contribution in [-0.2, 0) is 6.42 Å². The zero-order valence-electron chi connectivity index (χ0n) is 11.5. The number of halogens is 2. The van der Waals surface area contributed by atoms with E-state index in [-0.39, 0.29) is 5.56 Å². The Morgan fingerprint density at radius 3 is 2.30 bits per heavy atom. The van der Waals surface area contributed by atoms with E-state index in [0.717, 1.165) is 11.1 Å². The van der Waals surface area contributed by atoms with Crippen molar-refractivity contribution in [2.45, 2.75) is 26.2 Å². The van der Waals surface area contributed by atoms with Crippen LogP contribution >= 0.6 is 0 Å². The van der Waals surface area contributed by atoms with E-state index in [0.29, 0.717) is 5.56 Å². The molecule has 2 rings (SSSR count). The first-order valence-corrected chi connectivity index (χ1v) is 6.44. The molecule has 0 fully saturated rings. The van der Waals surface area contributed by atoms with Gasteiger partial charge in [0.25, 0.3) is 0 Å². The van der Waals surface area contributed by atoms with Gasteiger partial charge in [-0.3, -0.25) is 4.79 Å². The highest BCUT2D eigenvalue weighted by Gasteiger charge is 2.39. The minimum atomic E-state index is -3.39. The summed E-state index contributed by atoms with van der Waals surface area (Å²) in [5.41, 5.74) is 2.35. The standard InChI is InChI=1S/C17H16F2O/c1-12-8-9-15(13(2)10-12)11-17(18,19)16(20)14-6-4-3-5-7-14/h3-10H,11H2,1-2H3. The fourth-order valence-electron chi connectivity index (χ4n) is 2.16. The molecule has 104 valence electrons. The SMILES string of the molecule is Cc1ccc(CC(F)(F)C(=O)c2ccccc2)c(C)c1. The Bertz CT molecular complexity index is 618. The lowest BCUT2D eigenvalue weighted by Gasteiger charge is -2.16. The van der Waals surface area contributed by atoms with Gasteiger partial charge in [-0.2, -0.15) is 8.78 Å². The second-order valence-corrected chi connectivity index (χ2v) is 5.01. The lowest BCUT2D eigenvalue weighted by Crippen LogP contribution is -2.31. The van der Waals surface area contributed by atoms with Crippen molar-refractivity contribution >= 4 is 5.78 Å². The van der Waals surface area contributed by atoms with Gasteiger partial charge in [0.1, 0.15) is 0 Å². The molecule has 0 saturated heterocycles. The van der Waals surface area contributed by atoms with Gasteiger partial charge >= 0.3 is 5.92 Å². The summed E-state index contributed by atoms with van der Waals surface area (Å²) in [6.45, 7) is 3.69. The number of rotatable bonds is 4. The number of Topliss-reactive ketones (excluding diaryl/α,β-unsaturated/α-hetero) is 1. The first kappa shape index (κ1) is 14.4. The molecule has 0 aliphatic heterocycles. The van der Waals surface area contributed by atoms with Gasteiger partial charge in [0.05, 0.1) is 0 Å². The normalized spacial score (nSPS) is 11.4. The maximum absolute atomic E-state index is 14.1. The van der Waals surface area contributed by atoms with E-state index in [2.05, 4.69) is 0 Å². The minimum Gasteiger partial charge on any atom is -0.287 e. The van der Waals surface area contributed by atoms with Crippen molar-refractivity contribution in [1.82, 2.24) is 0 Å². The predicted molar refractivity (Wildman–Crippen MR) is 75.3 cm³/mol. The number of aryl methyl sites for hydroxylation is 2. The Hall–Kier alpha value is -2.03. The summed E-state index contributed by atoms with van der Waals surface area (Å²) in [4.78, 5) is 11.9. The fourth-order valence-corrected chi connectivity index (χ4v) is 2.16. The zero-order chi connectivity index (χ0) is 14.8. The number of benzene rings is 2. The molecule has 0 heterocycles. The highest BCUT2D eigenvalue weighted by molar-refractivity contribution is 6.01. The molecule has 20 heavy (non-hydrogen) atoms. The molecule has 0 N–H and O–H groups in total. The highest BCUT2D eigenvalue weighted by atomic mass is 19.3. The lowest BCUT2D eigenvalue weighted by atomic mass is 9.95. The van der Waals surface area contributed by atoms with Crippen molar-refractivity contribution in [2.24, 2.45) is 0 Å². The minimum absolute atomic E-state index is 0.0438. The molecule has 0 saturated carbocycles. The van der Waals surface area contributed by atoms with Crippen LogP contribution in [0.3, 0.4) is 0 Å². The van der Waals surface area contributed by atoms with Crippen molar-refractivity contribution in [2.75, 3.05) is 0 Å². The van der Waals surface area contributed by atoms with Crippen molar-refractivity contribution in [3.63, 3.8) is 0 Å². The van der Waals surface area contributed by atoms with Crippen LogP contribution < -0.4 is 0 Å². The summed E-state index contributed by atoms with van der Waals surface area (Å²) in [6, 6.07) is 13.0. The van der Waals surface area contributed by atoms with Crippen LogP contribution in [0.2, 0.25) is 0 Å².